The highest BCUT2D eigenvalue weighted by molar-refractivity contribution is 6.26. The first-order valence-corrected chi connectivity index (χ1v) is 25.7. The van der Waals surface area contributed by atoms with Crippen molar-refractivity contribution >= 4 is 66.2 Å². The van der Waals surface area contributed by atoms with Crippen molar-refractivity contribution in [2.45, 2.75) is 38.5 Å². The van der Waals surface area contributed by atoms with Gasteiger partial charge in [0.15, 0.2) is 0 Å². The fourth-order valence-electron chi connectivity index (χ4n) is 13.3. The number of pyridine rings is 1. The number of nitrogens with zero attached hydrogens (tertiary/aromatic N) is 3. The topological polar surface area (TPSA) is 12.6 Å². The lowest BCUT2D eigenvalue weighted by atomic mass is 9.82. The fourth-order valence-corrected chi connectivity index (χ4v) is 13.3. The van der Waals surface area contributed by atoms with Gasteiger partial charge in [0.25, 0.3) is 0 Å². The predicted octanol–water partition coefficient (Wildman–Crippen LogP) is 18.8. The number of hydrogen-bond donors (Lipinski definition) is 0. The first kappa shape index (κ1) is 41.8. The van der Waals surface area contributed by atoms with Crippen LogP contribution in [0.5, 0.6) is 0 Å². The molecule has 2 aliphatic carbocycles. The number of fused-ring (bicyclic) bond motifs is 16. The Labute approximate surface area is 425 Å². The van der Waals surface area contributed by atoms with Crippen molar-refractivity contribution in [1.29, 1.82) is 0 Å². The highest BCUT2D eigenvalue weighted by atomic mass is 15.1. The van der Waals surface area contributed by atoms with Gasteiger partial charge in [-0.2, -0.15) is 0 Å². The van der Waals surface area contributed by atoms with E-state index in [4.69, 9.17) is 0 Å². The number of rotatable bonds is 6. The van der Waals surface area contributed by atoms with Crippen LogP contribution in [0.3, 0.4) is 0 Å². The Morgan fingerprint density at radius 1 is 0.329 bits per heavy atom. The molecule has 0 spiro atoms. The van der Waals surface area contributed by atoms with Crippen molar-refractivity contribution in [3.05, 3.63) is 259 Å². The van der Waals surface area contributed by atoms with E-state index in [1.807, 2.05) is 0 Å². The Hall–Kier alpha value is -8.92. The molecule has 2 aliphatic rings. The minimum atomic E-state index is -0.134. The van der Waals surface area contributed by atoms with Crippen LogP contribution in [0.15, 0.2) is 237 Å². The Morgan fingerprint density at radius 2 is 0.918 bits per heavy atom. The summed E-state index contributed by atoms with van der Waals surface area (Å²) in [4.78, 5) is 2.51. The first-order chi connectivity index (χ1) is 35.8. The van der Waals surface area contributed by atoms with E-state index >= 15 is 0 Å². The average Bonchev–Trinajstić information content (AvgIpc) is 4.12. The Bertz CT molecular complexity index is 4420. The fraction of sp³-hybridized carbons (Fsp3) is 0.0857. The summed E-state index contributed by atoms with van der Waals surface area (Å²) in [7, 11) is 0. The van der Waals surface area contributed by atoms with Crippen LogP contribution in [-0.4, -0.2) is 8.97 Å². The maximum atomic E-state index is 2.55. The molecule has 346 valence electrons. The highest BCUT2D eigenvalue weighted by Crippen LogP contribution is 2.56. The van der Waals surface area contributed by atoms with Gasteiger partial charge in [-0.3, -0.25) is 0 Å². The molecule has 13 aromatic rings. The van der Waals surface area contributed by atoms with Gasteiger partial charge in [0, 0.05) is 55.2 Å². The van der Waals surface area contributed by atoms with Crippen LogP contribution >= 0.6 is 0 Å². The Kier molecular flexibility index (Phi) is 8.76. The summed E-state index contributed by atoms with van der Waals surface area (Å²) in [6.45, 7) is 9.50. The van der Waals surface area contributed by atoms with Crippen LogP contribution in [0.1, 0.15) is 49.9 Å². The van der Waals surface area contributed by atoms with Crippen molar-refractivity contribution in [2.24, 2.45) is 0 Å². The molecule has 3 heteroatoms. The van der Waals surface area contributed by atoms with Crippen molar-refractivity contribution in [2.75, 3.05) is 4.90 Å². The summed E-state index contributed by atoms with van der Waals surface area (Å²) >= 11 is 0. The van der Waals surface area contributed by atoms with Crippen LogP contribution in [0.4, 0.5) is 17.1 Å². The minimum Gasteiger partial charge on any atom is -0.310 e. The molecular weight excluding hydrogens is 883 g/mol. The van der Waals surface area contributed by atoms with Crippen LogP contribution in [0.25, 0.3) is 99.3 Å². The van der Waals surface area contributed by atoms with Gasteiger partial charge in [0.2, 0.25) is 0 Å². The third-order valence-electron chi connectivity index (χ3n) is 16.7. The normalized spacial score (nSPS) is 14.0. The van der Waals surface area contributed by atoms with E-state index in [0.29, 0.717) is 0 Å². The summed E-state index contributed by atoms with van der Waals surface area (Å²) in [5.74, 6) is 0. The molecule has 3 nitrogen and oxygen atoms in total. The van der Waals surface area contributed by atoms with Gasteiger partial charge in [0.1, 0.15) is 0 Å². The van der Waals surface area contributed by atoms with Gasteiger partial charge in [-0.15, -0.1) is 0 Å². The van der Waals surface area contributed by atoms with Gasteiger partial charge in [0.05, 0.1) is 33.3 Å². The monoisotopic (exact) mass is 933 g/mol. The molecule has 0 radical (unpaired) electrons. The maximum absolute atomic E-state index is 2.55. The van der Waals surface area contributed by atoms with E-state index in [2.05, 4.69) is 278 Å². The van der Waals surface area contributed by atoms with Crippen molar-refractivity contribution in [3.63, 3.8) is 0 Å². The maximum Gasteiger partial charge on any atom is 0.0810 e. The molecule has 0 atom stereocenters. The zero-order valence-electron chi connectivity index (χ0n) is 41.4. The lowest BCUT2D eigenvalue weighted by molar-refractivity contribution is 0.660. The van der Waals surface area contributed by atoms with E-state index in [-0.39, 0.29) is 10.8 Å². The molecule has 73 heavy (non-hydrogen) atoms. The summed E-state index contributed by atoms with van der Waals surface area (Å²) in [5.41, 5.74) is 26.0. The average molecular weight is 934 g/mol. The first-order valence-electron chi connectivity index (χ1n) is 25.7. The van der Waals surface area contributed by atoms with E-state index in [0.717, 1.165) is 17.1 Å². The molecule has 10 aromatic carbocycles. The molecule has 0 bridgehead atoms. The van der Waals surface area contributed by atoms with Gasteiger partial charge in [-0.25, -0.2) is 0 Å². The van der Waals surface area contributed by atoms with Crippen molar-refractivity contribution < 1.29 is 0 Å². The number of aromatic nitrogens is 2. The summed E-state index contributed by atoms with van der Waals surface area (Å²) in [6, 6.07) is 88.2. The molecule has 0 N–H and O–H groups in total. The highest BCUT2D eigenvalue weighted by Gasteiger charge is 2.39. The quantitative estimate of drug-likeness (QED) is 0.151. The summed E-state index contributed by atoms with van der Waals surface area (Å²) < 4.78 is 5.03. The van der Waals surface area contributed by atoms with E-state index < -0.39 is 0 Å². The molecule has 0 fully saturated rings. The van der Waals surface area contributed by atoms with E-state index in [9.17, 15) is 0 Å². The van der Waals surface area contributed by atoms with Gasteiger partial charge in [-0.05, 0) is 122 Å². The lowest BCUT2D eigenvalue weighted by Crippen LogP contribution is -2.17. The second-order valence-electron chi connectivity index (χ2n) is 21.2. The smallest absolute Gasteiger partial charge is 0.0810 e. The molecule has 0 aliphatic heterocycles. The summed E-state index contributed by atoms with van der Waals surface area (Å²) in [5, 5.41) is 4.93. The van der Waals surface area contributed by atoms with Crippen LogP contribution in [0.2, 0.25) is 0 Å². The lowest BCUT2D eigenvalue weighted by Gasteiger charge is -2.30. The van der Waals surface area contributed by atoms with Crippen LogP contribution in [-0.2, 0) is 10.8 Å². The third-order valence-corrected chi connectivity index (χ3v) is 16.7. The standard InChI is InChI=1S/C70H51N3/c1-69(2)58-29-16-12-26-54(58)65-59(69)30-19-33-63(65)71(49-39-41-51-50-24-11-15-28-57(50)70(3,4)60(51)43-49)48-37-34-44(35-38-48)46-36-40-53-56(42-46)52-25-13-17-31-61(52)73-66(53)64(45-20-7-5-8-21-45)68-67(73)55-27-14-18-32-62(55)72(68)47-22-9-6-10-23-47/h5-43H,1-4H3. The number of hydrogen-bond acceptors (Lipinski definition) is 1. The zero-order chi connectivity index (χ0) is 48.7. The van der Waals surface area contributed by atoms with Crippen LogP contribution in [0, 0.1) is 0 Å². The predicted molar refractivity (Wildman–Crippen MR) is 307 cm³/mol. The molecular formula is C70H51N3. The van der Waals surface area contributed by atoms with E-state index in [1.165, 1.54) is 122 Å². The SMILES string of the molecule is CC1(C)c2ccccc2-c2ccc(N(c3ccc(-c4ccc5c(c4)c4ccccc4n4c5c(-c5ccccc5)c5c4c4ccccc4n5-c4ccccc4)cc3)c3cccc4c3-c3ccccc3C4(C)C)cc21. The van der Waals surface area contributed by atoms with Crippen molar-refractivity contribution in [1.82, 2.24) is 8.97 Å². The second kappa shape index (κ2) is 15.3. The molecule has 3 heterocycles. The number of para-hydroxylation sites is 3. The molecule has 0 saturated carbocycles. The molecule has 0 amide bonds. The largest absolute Gasteiger partial charge is 0.310 e. The van der Waals surface area contributed by atoms with Gasteiger partial charge in [-0.1, -0.05) is 204 Å². The second-order valence-corrected chi connectivity index (χ2v) is 21.2. The number of anilines is 3. The molecule has 15 rings (SSSR count). The van der Waals surface area contributed by atoms with Gasteiger partial charge < -0.3 is 13.9 Å². The molecule has 0 unspecified atom stereocenters. The van der Waals surface area contributed by atoms with Crippen LogP contribution < -0.4 is 4.90 Å². The molecule has 3 aromatic heterocycles. The van der Waals surface area contributed by atoms with Gasteiger partial charge >= 0.3 is 0 Å². The Balaban J connectivity index is 0.936. The molecule has 0 saturated heterocycles. The third kappa shape index (κ3) is 5.82. The van der Waals surface area contributed by atoms with Crippen molar-refractivity contribution in [3.8, 4) is 50.2 Å². The zero-order valence-corrected chi connectivity index (χ0v) is 41.4. The summed E-state index contributed by atoms with van der Waals surface area (Å²) in [6.07, 6.45) is 0. The number of benzene rings is 10. The Morgan fingerprint density at radius 3 is 1.70 bits per heavy atom. The minimum absolute atomic E-state index is 0.126. The van der Waals surface area contributed by atoms with E-state index in [1.54, 1.807) is 0 Å².